The van der Waals surface area contributed by atoms with Gasteiger partial charge in [-0.25, -0.2) is 0 Å². The number of esters is 1. The van der Waals surface area contributed by atoms with E-state index in [0.717, 1.165) is 38.5 Å². The van der Waals surface area contributed by atoms with Gasteiger partial charge in [0.15, 0.2) is 0 Å². The van der Waals surface area contributed by atoms with Crippen molar-refractivity contribution in [2.24, 2.45) is 11.8 Å². The molecule has 38 heavy (non-hydrogen) atoms. The minimum atomic E-state index is -1.04. The fourth-order valence-corrected chi connectivity index (χ4v) is 6.88. The number of amides is 2. The quantitative estimate of drug-likeness (QED) is 0.173. The summed E-state index contributed by atoms with van der Waals surface area (Å²) in [5, 5.41) is 9.23. The lowest BCUT2D eigenvalue weighted by Crippen LogP contribution is -2.58. The van der Waals surface area contributed by atoms with Crippen molar-refractivity contribution in [1.29, 1.82) is 0 Å². The molecule has 0 radical (unpaired) electrons. The number of aliphatic hydroxyl groups is 1. The van der Waals surface area contributed by atoms with Crippen LogP contribution in [-0.4, -0.2) is 82.3 Å². The van der Waals surface area contributed by atoms with Gasteiger partial charge in [0.1, 0.15) is 17.6 Å². The van der Waals surface area contributed by atoms with E-state index in [1.54, 1.807) is 11.0 Å². The van der Waals surface area contributed by atoms with Gasteiger partial charge in [-0.3, -0.25) is 14.4 Å². The standard InChI is InChI=1S/C30H48N2O6/c1-6-9-10-14-21-37-28(36)24-23-26(34)32(19-12-11-13-20-33)25(30(23)17-16-29(24,5)38-30)27(35)31(18-8-3)22(4)15-7-2/h6,8,22-25,33H,1,3,7,9-21H2,2,4-5H3/t22?,23-,24-,25?,29+,30?/m0/s1. The summed E-state index contributed by atoms with van der Waals surface area (Å²) >= 11 is 0. The van der Waals surface area contributed by atoms with Crippen LogP contribution in [-0.2, 0) is 23.9 Å². The number of unbranched alkanes of at least 4 members (excludes halogenated alkanes) is 4. The van der Waals surface area contributed by atoms with E-state index in [1.165, 1.54) is 0 Å². The number of nitrogens with zero attached hydrogens (tertiary/aromatic N) is 2. The third-order valence-electron chi connectivity index (χ3n) is 8.72. The van der Waals surface area contributed by atoms with Crippen LogP contribution in [0.4, 0.5) is 0 Å². The summed E-state index contributed by atoms with van der Waals surface area (Å²) in [4.78, 5) is 45.3. The molecule has 2 amide bonds. The highest BCUT2D eigenvalue weighted by Gasteiger charge is 2.78. The molecule has 1 spiro atoms. The van der Waals surface area contributed by atoms with Gasteiger partial charge in [0, 0.05) is 25.7 Å². The Balaban J connectivity index is 1.93. The van der Waals surface area contributed by atoms with E-state index in [1.807, 2.05) is 24.8 Å². The van der Waals surface area contributed by atoms with Gasteiger partial charge in [0.05, 0.1) is 18.1 Å². The Morgan fingerprint density at radius 2 is 1.97 bits per heavy atom. The molecule has 3 heterocycles. The molecular formula is C30H48N2O6. The van der Waals surface area contributed by atoms with Crippen molar-refractivity contribution in [3.63, 3.8) is 0 Å². The highest BCUT2D eigenvalue weighted by molar-refractivity contribution is 5.98. The monoisotopic (exact) mass is 532 g/mol. The normalized spacial score (nSPS) is 30.3. The minimum Gasteiger partial charge on any atom is -0.465 e. The van der Waals surface area contributed by atoms with Crippen molar-refractivity contribution in [1.82, 2.24) is 9.80 Å². The molecule has 0 aromatic heterocycles. The number of aliphatic hydroxyl groups excluding tert-OH is 1. The van der Waals surface area contributed by atoms with Crippen molar-refractivity contribution in [3.8, 4) is 0 Å². The zero-order valence-corrected chi connectivity index (χ0v) is 23.7. The molecule has 3 rings (SSSR count). The highest BCUT2D eigenvalue weighted by Crippen LogP contribution is 2.63. The predicted molar refractivity (Wildman–Crippen MR) is 146 cm³/mol. The van der Waals surface area contributed by atoms with E-state index in [-0.39, 0.29) is 24.5 Å². The Bertz CT molecular complexity index is 877. The number of hydrogen-bond acceptors (Lipinski definition) is 6. The van der Waals surface area contributed by atoms with E-state index in [4.69, 9.17) is 9.47 Å². The van der Waals surface area contributed by atoms with Crippen LogP contribution in [0.25, 0.3) is 0 Å². The second-order valence-corrected chi connectivity index (χ2v) is 11.4. The number of rotatable bonds is 17. The lowest BCUT2D eigenvalue weighted by atomic mass is 9.66. The topological polar surface area (TPSA) is 96.4 Å². The lowest BCUT2D eigenvalue weighted by Gasteiger charge is -2.39. The second-order valence-electron chi connectivity index (χ2n) is 11.4. The fourth-order valence-electron chi connectivity index (χ4n) is 6.88. The molecule has 2 bridgehead atoms. The Hall–Kier alpha value is -2.19. The number of carbonyl (C=O) groups excluding carboxylic acids is 3. The number of hydrogen-bond donors (Lipinski definition) is 1. The number of carbonyl (C=O) groups is 3. The van der Waals surface area contributed by atoms with Gasteiger partial charge in [-0.05, 0) is 71.6 Å². The molecule has 3 unspecified atom stereocenters. The summed E-state index contributed by atoms with van der Waals surface area (Å²) in [5.41, 5.74) is -1.88. The van der Waals surface area contributed by atoms with Crippen LogP contribution < -0.4 is 0 Å². The first-order valence-corrected chi connectivity index (χ1v) is 14.5. The molecule has 3 aliphatic rings. The summed E-state index contributed by atoms with van der Waals surface area (Å²) in [6.45, 7) is 14.8. The van der Waals surface area contributed by atoms with Crippen molar-refractivity contribution in [2.75, 3.05) is 26.3 Å². The van der Waals surface area contributed by atoms with Gasteiger partial charge in [0.25, 0.3) is 0 Å². The maximum atomic E-state index is 14.3. The first kappa shape index (κ1) is 30.4. The van der Waals surface area contributed by atoms with Crippen LogP contribution in [0.2, 0.25) is 0 Å². The molecule has 0 aromatic carbocycles. The molecule has 8 heteroatoms. The third kappa shape index (κ3) is 5.71. The Morgan fingerprint density at radius 3 is 2.63 bits per heavy atom. The smallest absolute Gasteiger partial charge is 0.312 e. The molecule has 3 aliphatic heterocycles. The molecule has 8 nitrogen and oxygen atoms in total. The van der Waals surface area contributed by atoms with Gasteiger partial charge in [-0.2, -0.15) is 0 Å². The van der Waals surface area contributed by atoms with Gasteiger partial charge < -0.3 is 24.4 Å². The molecule has 214 valence electrons. The number of allylic oxidation sites excluding steroid dienone is 1. The van der Waals surface area contributed by atoms with Crippen molar-refractivity contribution in [3.05, 3.63) is 25.3 Å². The predicted octanol–water partition coefficient (Wildman–Crippen LogP) is 4.02. The lowest BCUT2D eigenvalue weighted by molar-refractivity contribution is -0.160. The van der Waals surface area contributed by atoms with Crippen LogP contribution in [0, 0.1) is 11.8 Å². The molecule has 1 N–H and O–H groups in total. The maximum Gasteiger partial charge on any atom is 0.312 e. The minimum absolute atomic E-state index is 0.0159. The van der Waals surface area contributed by atoms with E-state index >= 15 is 0 Å². The maximum absolute atomic E-state index is 14.3. The van der Waals surface area contributed by atoms with E-state index in [0.29, 0.717) is 45.4 Å². The summed E-state index contributed by atoms with van der Waals surface area (Å²) in [6.07, 6.45) is 11.0. The summed E-state index contributed by atoms with van der Waals surface area (Å²) in [5.74, 6) is -2.19. The van der Waals surface area contributed by atoms with Crippen LogP contribution in [0.3, 0.4) is 0 Å². The molecule has 0 saturated carbocycles. The molecule has 3 saturated heterocycles. The summed E-state index contributed by atoms with van der Waals surface area (Å²) in [7, 11) is 0. The molecule has 3 fully saturated rings. The number of ether oxygens (including phenoxy) is 2. The Kier molecular flexibility index (Phi) is 10.6. The van der Waals surface area contributed by atoms with Crippen LogP contribution >= 0.6 is 0 Å². The Morgan fingerprint density at radius 1 is 1.21 bits per heavy atom. The average molecular weight is 533 g/mol. The highest BCUT2D eigenvalue weighted by atomic mass is 16.6. The third-order valence-corrected chi connectivity index (χ3v) is 8.72. The van der Waals surface area contributed by atoms with Crippen molar-refractivity contribution < 1.29 is 29.0 Å². The zero-order chi connectivity index (χ0) is 27.9. The van der Waals surface area contributed by atoms with Gasteiger partial charge >= 0.3 is 5.97 Å². The van der Waals surface area contributed by atoms with Gasteiger partial charge in [-0.1, -0.05) is 25.5 Å². The number of fused-ring (bicyclic) bond motifs is 1. The fraction of sp³-hybridized carbons (Fsp3) is 0.767. The van der Waals surface area contributed by atoms with Gasteiger partial charge in [-0.15, -0.1) is 13.2 Å². The van der Waals surface area contributed by atoms with E-state index in [9.17, 15) is 19.5 Å². The Labute approximate surface area is 228 Å². The first-order valence-electron chi connectivity index (χ1n) is 14.5. The summed E-state index contributed by atoms with van der Waals surface area (Å²) < 4.78 is 12.4. The molecular weight excluding hydrogens is 484 g/mol. The molecule has 0 aliphatic carbocycles. The first-order chi connectivity index (χ1) is 18.2. The summed E-state index contributed by atoms with van der Waals surface area (Å²) in [6, 6.07) is -0.807. The average Bonchev–Trinajstić information content (AvgIpc) is 3.45. The number of likely N-dealkylation sites (tertiary alicyclic amines) is 1. The van der Waals surface area contributed by atoms with E-state index < -0.39 is 35.0 Å². The van der Waals surface area contributed by atoms with Crippen LogP contribution in [0.1, 0.15) is 85.0 Å². The molecule has 6 atom stereocenters. The van der Waals surface area contributed by atoms with Crippen LogP contribution in [0.5, 0.6) is 0 Å². The van der Waals surface area contributed by atoms with E-state index in [2.05, 4.69) is 20.1 Å². The largest absolute Gasteiger partial charge is 0.465 e. The second kappa shape index (κ2) is 13.2. The zero-order valence-electron chi connectivity index (χ0n) is 23.7. The van der Waals surface area contributed by atoms with Gasteiger partial charge in [0.2, 0.25) is 11.8 Å². The van der Waals surface area contributed by atoms with Crippen LogP contribution in [0.15, 0.2) is 25.3 Å². The van der Waals surface area contributed by atoms with Crippen molar-refractivity contribution in [2.45, 2.75) is 108 Å². The van der Waals surface area contributed by atoms with Crippen molar-refractivity contribution >= 4 is 17.8 Å². The SMILES string of the molecule is C=CCCCCOC(=O)[C@@H]1[C@H]2C(=O)N(CCCCCO)C(C(=O)N(CC=C)C(C)CCC)C23CC[C@@]1(C)O3. The molecule has 0 aromatic rings.